The van der Waals surface area contributed by atoms with Gasteiger partial charge in [-0.05, 0) is 23.3 Å². The van der Waals surface area contributed by atoms with E-state index in [1.54, 1.807) is 24.3 Å². The quantitative estimate of drug-likeness (QED) is 0.171. The lowest BCUT2D eigenvalue weighted by atomic mass is 9.99. The van der Waals surface area contributed by atoms with Crippen LogP contribution in [0.4, 0.5) is 0 Å². The highest BCUT2D eigenvalue weighted by Gasteiger charge is 2.52. The Hall–Kier alpha value is -2.62. The maximum atomic E-state index is 12.3. The van der Waals surface area contributed by atoms with Crippen molar-refractivity contribution in [2.24, 2.45) is 0 Å². The fourth-order valence-electron chi connectivity index (χ4n) is 2.64. The van der Waals surface area contributed by atoms with E-state index in [2.05, 4.69) is 16.6 Å². The summed E-state index contributed by atoms with van der Waals surface area (Å²) in [5.41, 5.74) is -0.213. The number of ether oxygens (including phenoxy) is 2. The Bertz CT molecular complexity index is 800. The zero-order valence-corrected chi connectivity index (χ0v) is 16.6. The summed E-state index contributed by atoms with van der Waals surface area (Å²) in [4.78, 5) is 46.8. The molecular formula is C18H18Cl2N2O7. The number of alkyl halides is 2. The van der Waals surface area contributed by atoms with Gasteiger partial charge in [-0.2, -0.15) is 0 Å². The highest BCUT2D eigenvalue weighted by atomic mass is 35.5. The van der Waals surface area contributed by atoms with E-state index in [1.165, 1.54) is 0 Å². The summed E-state index contributed by atoms with van der Waals surface area (Å²) < 4.78 is 9.94. The largest absolute Gasteiger partial charge is 0.479 e. The molecule has 2 N–H and O–H groups in total. The molecule has 0 spiro atoms. The molecule has 1 aromatic rings. The number of carboxylic acids is 1. The number of carboxylic acid groups (broad SMARTS) is 1. The molecule has 1 fully saturated rings. The van der Waals surface area contributed by atoms with Crippen LogP contribution in [0, 0.1) is 0 Å². The smallest absolute Gasteiger partial charge is 0.330 e. The van der Waals surface area contributed by atoms with Gasteiger partial charge in [-0.1, -0.05) is 30.3 Å². The number of hydrogen-bond donors (Lipinski definition) is 2. The Morgan fingerprint density at radius 3 is 2.52 bits per heavy atom. The molecular weight excluding hydrogens is 427 g/mol. The molecule has 2 amide bonds. The van der Waals surface area contributed by atoms with Gasteiger partial charge in [0.25, 0.3) is 12.4 Å². The zero-order chi connectivity index (χ0) is 21.6. The first-order valence-electron chi connectivity index (χ1n) is 8.29. The van der Waals surface area contributed by atoms with E-state index in [0.717, 1.165) is 10.5 Å². The molecule has 2 rings (SSSR count). The summed E-state index contributed by atoms with van der Waals surface area (Å²) >= 11 is 11.7. The first-order chi connectivity index (χ1) is 13.8. The predicted octanol–water partition coefficient (Wildman–Crippen LogP) is 0.879. The van der Waals surface area contributed by atoms with Crippen LogP contribution in [0.15, 0.2) is 36.4 Å². The van der Waals surface area contributed by atoms with Crippen molar-refractivity contribution in [3.63, 3.8) is 0 Å². The van der Waals surface area contributed by atoms with Crippen molar-refractivity contribution in [1.82, 2.24) is 10.2 Å². The molecule has 1 heterocycles. The predicted molar refractivity (Wildman–Crippen MR) is 102 cm³/mol. The van der Waals surface area contributed by atoms with Crippen LogP contribution >= 0.6 is 23.2 Å². The van der Waals surface area contributed by atoms with Gasteiger partial charge >= 0.3 is 5.97 Å². The van der Waals surface area contributed by atoms with E-state index < -0.39 is 35.4 Å². The number of amides is 2. The van der Waals surface area contributed by atoms with E-state index in [-0.39, 0.29) is 24.7 Å². The number of benzene rings is 1. The first-order valence-corrected chi connectivity index (χ1v) is 9.26. The number of halogens is 2. The molecule has 0 aliphatic carbocycles. The van der Waals surface area contributed by atoms with Crippen molar-refractivity contribution in [3.05, 3.63) is 42.0 Å². The van der Waals surface area contributed by atoms with Gasteiger partial charge in [-0.3, -0.25) is 14.4 Å². The number of rotatable bonds is 11. The lowest BCUT2D eigenvalue weighted by molar-refractivity contribution is -0.160. The minimum absolute atomic E-state index is 0.107. The van der Waals surface area contributed by atoms with Gasteiger partial charge in [0, 0.05) is 5.88 Å². The van der Waals surface area contributed by atoms with Crippen molar-refractivity contribution in [2.45, 2.75) is 24.2 Å². The van der Waals surface area contributed by atoms with Crippen LogP contribution in [-0.4, -0.2) is 64.3 Å². The number of carbonyl (C=O) groups excluding carboxylic acids is 3. The molecule has 9 nitrogen and oxygen atoms in total. The average molecular weight is 445 g/mol. The second-order valence-electron chi connectivity index (χ2n) is 6.05. The van der Waals surface area contributed by atoms with Crippen LogP contribution in [0.5, 0.6) is 5.75 Å². The van der Waals surface area contributed by atoms with Crippen LogP contribution in [0.25, 0.3) is 0 Å². The summed E-state index contributed by atoms with van der Waals surface area (Å²) in [5.74, 6) is -2.33. The summed E-state index contributed by atoms with van der Waals surface area (Å²) in [6.07, 6.45) is 0. The SMILES string of the molecule is C=C(CCl)C(C(=O)O)N1C(=O)C(NC(=O)COCc2ccc(OC=O)cc2)C1Cl. The standard InChI is InChI=1S/C18H18Cl2N2O7/c1-10(6-19)15(18(26)27)22-16(20)14(17(22)25)21-13(24)8-28-7-11-2-4-12(5-3-11)29-9-23/h2-5,9,14-16H,1,6-8H2,(H,21,24)(H,26,27). The molecule has 0 saturated carbocycles. The van der Waals surface area contributed by atoms with E-state index in [0.29, 0.717) is 12.2 Å². The Labute approximate surface area is 176 Å². The van der Waals surface area contributed by atoms with E-state index in [4.69, 9.17) is 27.9 Å². The minimum Gasteiger partial charge on any atom is -0.479 e. The highest BCUT2D eigenvalue weighted by molar-refractivity contribution is 6.27. The number of hydrogen-bond acceptors (Lipinski definition) is 6. The third kappa shape index (κ3) is 5.47. The van der Waals surface area contributed by atoms with Crippen LogP contribution in [-0.2, 0) is 30.5 Å². The number of aliphatic carboxylic acids is 1. The molecule has 1 saturated heterocycles. The number of β-lactam (4-membered cyclic amide) rings is 1. The minimum atomic E-state index is -1.36. The van der Waals surface area contributed by atoms with Crippen molar-refractivity contribution in [2.75, 3.05) is 12.5 Å². The molecule has 0 aromatic heterocycles. The Morgan fingerprint density at radius 1 is 1.34 bits per heavy atom. The van der Waals surface area contributed by atoms with Gasteiger partial charge < -0.3 is 24.8 Å². The Balaban J connectivity index is 1.82. The average Bonchev–Trinajstić information content (AvgIpc) is 2.70. The second kappa shape index (κ2) is 10.2. The lowest BCUT2D eigenvalue weighted by Crippen LogP contribution is -2.72. The Morgan fingerprint density at radius 2 is 2.00 bits per heavy atom. The second-order valence-corrected chi connectivity index (χ2v) is 6.76. The van der Waals surface area contributed by atoms with Gasteiger partial charge in [0.05, 0.1) is 6.61 Å². The van der Waals surface area contributed by atoms with Crippen molar-refractivity contribution in [1.29, 1.82) is 0 Å². The molecule has 1 aliphatic rings. The van der Waals surface area contributed by atoms with Gasteiger partial charge in [0.2, 0.25) is 5.91 Å². The first kappa shape index (κ1) is 22.7. The normalized spacial score (nSPS) is 19.1. The van der Waals surface area contributed by atoms with Crippen LogP contribution in [0.2, 0.25) is 0 Å². The van der Waals surface area contributed by atoms with Crippen molar-refractivity contribution < 1.29 is 33.8 Å². The molecule has 0 radical (unpaired) electrons. The fourth-order valence-corrected chi connectivity index (χ4v) is 3.16. The number of likely N-dealkylation sites (tertiary alicyclic amines) is 1. The van der Waals surface area contributed by atoms with Crippen LogP contribution < -0.4 is 10.1 Å². The molecule has 156 valence electrons. The summed E-state index contributed by atoms with van der Waals surface area (Å²) in [6.45, 7) is 3.63. The lowest BCUT2D eigenvalue weighted by Gasteiger charge is -2.46. The highest BCUT2D eigenvalue weighted by Crippen LogP contribution is 2.29. The van der Waals surface area contributed by atoms with Crippen molar-refractivity contribution >= 4 is 47.5 Å². The van der Waals surface area contributed by atoms with E-state index in [9.17, 15) is 24.3 Å². The van der Waals surface area contributed by atoms with Gasteiger partial charge in [0.1, 0.15) is 23.9 Å². The third-order valence-electron chi connectivity index (χ3n) is 4.06. The van der Waals surface area contributed by atoms with Gasteiger partial charge in [-0.25, -0.2) is 4.79 Å². The van der Waals surface area contributed by atoms with Crippen molar-refractivity contribution in [3.8, 4) is 5.75 Å². The van der Waals surface area contributed by atoms with Gasteiger partial charge in [0.15, 0.2) is 6.04 Å². The Kier molecular flexibility index (Phi) is 8.00. The zero-order valence-electron chi connectivity index (χ0n) is 15.0. The molecule has 11 heteroatoms. The molecule has 3 atom stereocenters. The van der Waals surface area contributed by atoms with Gasteiger partial charge in [-0.15, -0.1) is 11.6 Å². The summed E-state index contributed by atoms with van der Waals surface area (Å²) in [7, 11) is 0. The van der Waals surface area contributed by atoms with Crippen LogP contribution in [0.1, 0.15) is 5.56 Å². The van der Waals surface area contributed by atoms with E-state index in [1.807, 2.05) is 0 Å². The molecule has 1 aromatic carbocycles. The molecule has 29 heavy (non-hydrogen) atoms. The molecule has 1 aliphatic heterocycles. The number of nitrogens with zero attached hydrogens (tertiary/aromatic N) is 1. The third-order valence-corrected chi connectivity index (χ3v) is 4.86. The summed E-state index contributed by atoms with van der Waals surface area (Å²) in [6, 6.07) is 4.03. The molecule has 0 bridgehead atoms. The van der Waals surface area contributed by atoms with Crippen LogP contribution in [0.3, 0.4) is 0 Å². The number of carbonyl (C=O) groups is 4. The maximum Gasteiger partial charge on any atom is 0.330 e. The summed E-state index contributed by atoms with van der Waals surface area (Å²) in [5, 5.41) is 11.7. The maximum absolute atomic E-state index is 12.3. The topological polar surface area (TPSA) is 122 Å². The monoisotopic (exact) mass is 444 g/mol. The fraction of sp³-hybridized carbons (Fsp3) is 0.333. The molecule has 3 unspecified atom stereocenters. The number of nitrogens with one attached hydrogen (secondary N) is 1. The van der Waals surface area contributed by atoms with E-state index >= 15 is 0 Å².